The number of rotatable bonds is 4. The summed E-state index contributed by atoms with van der Waals surface area (Å²) in [7, 11) is -3.86. The van der Waals surface area contributed by atoms with E-state index in [2.05, 4.69) is 5.32 Å². The van der Waals surface area contributed by atoms with Gasteiger partial charge in [0.15, 0.2) is 0 Å². The van der Waals surface area contributed by atoms with Crippen molar-refractivity contribution in [2.24, 2.45) is 0 Å². The van der Waals surface area contributed by atoms with Gasteiger partial charge in [-0.1, -0.05) is 35.9 Å². The fourth-order valence-electron chi connectivity index (χ4n) is 3.38. The summed E-state index contributed by atoms with van der Waals surface area (Å²) >= 11 is 5.80. The molecule has 0 unspecified atom stereocenters. The van der Waals surface area contributed by atoms with Crippen molar-refractivity contribution < 1.29 is 17.6 Å². The molecule has 0 atom stereocenters. The maximum absolute atomic E-state index is 14.6. The van der Waals surface area contributed by atoms with Crippen molar-refractivity contribution in [3.8, 4) is 0 Å². The molecule has 1 aliphatic rings. The van der Waals surface area contributed by atoms with Crippen LogP contribution >= 0.6 is 11.6 Å². The summed E-state index contributed by atoms with van der Waals surface area (Å²) in [6, 6.07) is 17.3. The minimum Gasteiger partial charge on any atom is -0.319 e. The Morgan fingerprint density at radius 3 is 2.40 bits per heavy atom. The summed E-state index contributed by atoms with van der Waals surface area (Å²) in [6.07, 6.45) is 0.604. The van der Waals surface area contributed by atoms with Crippen LogP contribution in [-0.4, -0.2) is 25.2 Å². The molecule has 1 heterocycles. The number of nitrogens with zero attached hydrogens (tertiary/aromatic N) is 1. The van der Waals surface area contributed by atoms with E-state index in [4.69, 9.17) is 11.6 Å². The largest absolute Gasteiger partial charge is 0.319 e. The zero-order valence-corrected chi connectivity index (χ0v) is 17.4. The second-order valence-electron chi connectivity index (χ2n) is 6.96. The van der Waals surface area contributed by atoms with Crippen LogP contribution < -0.4 is 5.32 Å². The third-order valence-corrected chi connectivity index (χ3v) is 7.12. The normalized spacial score (nSPS) is 14.2. The lowest BCUT2D eigenvalue weighted by molar-refractivity contribution is 0.102. The van der Waals surface area contributed by atoms with Crippen molar-refractivity contribution in [1.82, 2.24) is 4.31 Å². The van der Waals surface area contributed by atoms with Gasteiger partial charge in [-0.2, -0.15) is 4.31 Å². The van der Waals surface area contributed by atoms with E-state index >= 15 is 0 Å². The van der Waals surface area contributed by atoms with Crippen molar-refractivity contribution in [2.75, 3.05) is 11.9 Å². The lowest BCUT2D eigenvalue weighted by Gasteiger charge is -2.28. The quantitative estimate of drug-likeness (QED) is 0.645. The standard InChI is InChI=1S/C22H18ClFN2O3S/c23-18-7-5-16(6-8-18)22(27)25-21-10-9-19(13-20(21)24)30(28,29)26-12-11-15-3-1-2-4-17(15)14-26/h1-10,13H,11-12,14H2,(H,25,27). The van der Waals surface area contributed by atoms with E-state index in [1.165, 1.54) is 28.6 Å². The Hall–Kier alpha value is -2.74. The minimum atomic E-state index is -3.86. The Balaban J connectivity index is 1.54. The number of sulfonamides is 1. The van der Waals surface area contributed by atoms with Crippen LogP contribution in [0.1, 0.15) is 21.5 Å². The first kappa shape index (κ1) is 20.5. The predicted octanol–water partition coefficient (Wildman–Crippen LogP) is 4.48. The zero-order valence-electron chi connectivity index (χ0n) is 15.8. The highest BCUT2D eigenvalue weighted by Crippen LogP contribution is 2.27. The molecule has 0 saturated carbocycles. The van der Waals surface area contributed by atoms with Gasteiger partial charge in [0.2, 0.25) is 10.0 Å². The van der Waals surface area contributed by atoms with Crippen LogP contribution in [0.15, 0.2) is 71.6 Å². The average molecular weight is 445 g/mol. The number of anilines is 1. The van der Waals surface area contributed by atoms with Crippen LogP contribution in [0.5, 0.6) is 0 Å². The minimum absolute atomic E-state index is 0.0992. The van der Waals surface area contributed by atoms with Crippen molar-refractivity contribution >= 4 is 33.2 Å². The number of carbonyl (C=O) groups excluding carboxylic acids is 1. The lowest BCUT2D eigenvalue weighted by Crippen LogP contribution is -2.36. The summed E-state index contributed by atoms with van der Waals surface area (Å²) in [6.45, 7) is 0.575. The number of amides is 1. The molecule has 0 bridgehead atoms. The molecule has 1 N–H and O–H groups in total. The Morgan fingerprint density at radius 1 is 1.00 bits per heavy atom. The van der Waals surface area contributed by atoms with E-state index in [-0.39, 0.29) is 17.1 Å². The number of benzene rings is 3. The first-order chi connectivity index (χ1) is 14.3. The molecule has 0 radical (unpaired) electrons. The maximum Gasteiger partial charge on any atom is 0.255 e. The number of nitrogens with one attached hydrogen (secondary N) is 1. The number of halogens is 2. The maximum atomic E-state index is 14.6. The summed E-state index contributed by atoms with van der Waals surface area (Å²) in [5.41, 5.74) is 2.27. The molecule has 0 aliphatic carbocycles. The molecule has 0 fully saturated rings. The fraction of sp³-hybridized carbons (Fsp3) is 0.136. The van der Waals surface area contributed by atoms with E-state index in [0.717, 1.165) is 17.2 Å². The van der Waals surface area contributed by atoms with Gasteiger partial charge in [-0.3, -0.25) is 4.79 Å². The molecule has 154 valence electrons. The Morgan fingerprint density at radius 2 is 1.70 bits per heavy atom. The summed E-state index contributed by atoms with van der Waals surface area (Å²) in [5, 5.41) is 2.93. The summed E-state index contributed by atoms with van der Waals surface area (Å²) < 4.78 is 41.9. The molecule has 30 heavy (non-hydrogen) atoms. The third kappa shape index (κ3) is 4.09. The second kappa shape index (κ2) is 8.18. The highest BCUT2D eigenvalue weighted by molar-refractivity contribution is 7.89. The fourth-order valence-corrected chi connectivity index (χ4v) is 4.93. The van der Waals surface area contributed by atoms with Gasteiger partial charge in [0.05, 0.1) is 10.6 Å². The molecule has 1 amide bonds. The highest BCUT2D eigenvalue weighted by atomic mass is 35.5. The van der Waals surface area contributed by atoms with Gasteiger partial charge in [-0.15, -0.1) is 0 Å². The van der Waals surface area contributed by atoms with Gasteiger partial charge in [-0.05, 0) is 60.0 Å². The summed E-state index contributed by atoms with van der Waals surface area (Å²) in [5.74, 6) is -1.34. The molecule has 4 rings (SSSR count). The van der Waals surface area contributed by atoms with Gasteiger partial charge in [0, 0.05) is 23.7 Å². The van der Waals surface area contributed by atoms with Crippen LogP contribution in [0.3, 0.4) is 0 Å². The molecule has 0 aromatic heterocycles. The number of carbonyl (C=O) groups is 1. The lowest BCUT2D eigenvalue weighted by atomic mass is 10.0. The van der Waals surface area contributed by atoms with Crippen molar-refractivity contribution in [1.29, 1.82) is 0 Å². The van der Waals surface area contributed by atoms with E-state index in [1.54, 1.807) is 12.1 Å². The van der Waals surface area contributed by atoms with E-state index in [0.29, 0.717) is 23.6 Å². The summed E-state index contributed by atoms with van der Waals surface area (Å²) in [4.78, 5) is 12.1. The topological polar surface area (TPSA) is 66.5 Å². The van der Waals surface area contributed by atoms with E-state index in [9.17, 15) is 17.6 Å². The van der Waals surface area contributed by atoms with Gasteiger partial charge in [-0.25, -0.2) is 12.8 Å². The van der Waals surface area contributed by atoms with Gasteiger partial charge >= 0.3 is 0 Å². The molecule has 0 saturated heterocycles. The average Bonchev–Trinajstić information content (AvgIpc) is 2.75. The zero-order chi connectivity index (χ0) is 21.3. The van der Waals surface area contributed by atoms with E-state index < -0.39 is 21.7 Å². The molecule has 5 nitrogen and oxygen atoms in total. The predicted molar refractivity (Wildman–Crippen MR) is 114 cm³/mol. The molecule has 1 aliphatic heterocycles. The molecular formula is C22H18ClFN2O3S. The highest BCUT2D eigenvalue weighted by Gasteiger charge is 2.29. The Labute approximate surface area is 179 Å². The van der Waals surface area contributed by atoms with Gasteiger partial charge in [0.1, 0.15) is 5.82 Å². The van der Waals surface area contributed by atoms with Crippen LogP contribution in [0.25, 0.3) is 0 Å². The van der Waals surface area contributed by atoms with Crippen LogP contribution in [-0.2, 0) is 23.0 Å². The SMILES string of the molecule is O=C(Nc1ccc(S(=O)(=O)N2CCc3ccccc3C2)cc1F)c1ccc(Cl)cc1. The van der Waals surface area contributed by atoms with E-state index in [1.807, 2.05) is 24.3 Å². The van der Waals surface area contributed by atoms with Gasteiger partial charge < -0.3 is 5.32 Å². The van der Waals surface area contributed by atoms with Crippen LogP contribution in [0, 0.1) is 5.82 Å². The van der Waals surface area contributed by atoms with Crippen LogP contribution in [0.4, 0.5) is 10.1 Å². The Kier molecular flexibility index (Phi) is 5.60. The van der Waals surface area contributed by atoms with Crippen molar-refractivity contribution in [2.45, 2.75) is 17.9 Å². The van der Waals surface area contributed by atoms with Crippen molar-refractivity contribution in [3.63, 3.8) is 0 Å². The first-order valence-corrected chi connectivity index (χ1v) is 11.1. The number of fused-ring (bicyclic) bond motifs is 1. The number of hydrogen-bond donors (Lipinski definition) is 1. The molecule has 8 heteroatoms. The first-order valence-electron chi connectivity index (χ1n) is 9.28. The smallest absolute Gasteiger partial charge is 0.255 e. The molecule has 3 aromatic rings. The van der Waals surface area contributed by atoms with Crippen molar-refractivity contribution in [3.05, 3.63) is 94.3 Å². The molecule has 0 spiro atoms. The van der Waals surface area contributed by atoms with Gasteiger partial charge in [0.25, 0.3) is 5.91 Å². The second-order valence-corrected chi connectivity index (χ2v) is 9.33. The number of hydrogen-bond acceptors (Lipinski definition) is 3. The molecular weight excluding hydrogens is 427 g/mol. The monoisotopic (exact) mass is 444 g/mol. The third-order valence-electron chi connectivity index (χ3n) is 5.03. The molecule has 3 aromatic carbocycles. The Bertz CT molecular complexity index is 1210. The van der Waals surface area contributed by atoms with Crippen LogP contribution in [0.2, 0.25) is 5.02 Å².